The number of rotatable bonds is 3. The minimum absolute atomic E-state index is 0.0141. The van der Waals surface area contributed by atoms with E-state index >= 15 is 0 Å². The van der Waals surface area contributed by atoms with Gasteiger partial charge in [-0.25, -0.2) is 9.78 Å². The van der Waals surface area contributed by atoms with Gasteiger partial charge < -0.3 is 10.4 Å². The fourth-order valence-corrected chi connectivity index (χ4v) is 1.73. The van der Waals surface area contributed by atoms with Gasteiger partial charge in [-0.1, -0.05) is 0 Å². The molecule has 2 aromatic heterocycles. The van der Waals surface area contributed by atoms with Crippen LogP contribution in [0.25, 0.3) is 0 Å². The minimum atomic E-state index is -1.21. The molecule has 0 aliphatic rings. The summed E-state index contributed by atoms with van der Waals surface area (Å²) in [6.07, 6.45) is 2.73. The third-order valence-corrected chi connectivity index (χ3v) is 2.82. The maximum atomic E-state index is 12.0. The topological polar surface area (TPSA) is 97.1 Å². The van der Waals surface area contributed by atoms with E-state index in [1.165, 1.54) is 19.4 Å². The Morgan fingerprint density at radius 1 is 1.37 bits per heavy atom. The monoisotopic (exact) mass is 324 g/mol. The number of aryl methyl sites for hydroxylation is 1. The molecule has 2 rings (SSSR count). The second-order valence-electron chi connectivity index (χ2n) is 3.65. The number of carboxylic acids is 1. The average molecular weight is 325 g/mol. The summed E-state index contributed by atoms with van der Waals surface area (Å²) in [6.45, 7) is 0. The molecule has 0 saturated heterocycles. The van der Waals surface area contributed by atoms with Crippen LogP contribution in [0.2, 0.25) is 0 Å². The number of carbonyl (C=O) groups excluding carboxylic acids is 1. The molecule has 0 aliphatic carbocycles. The van der Waals surface area contributed by atoms with Crippen LogP contribution in [0.4, 0.5) is 5.82 Å². The summed E-state index contributed by atoms with van der Waals surface area (Å²) in [7, 11) is 1.46. The van der Waals surface area contributed by atoms with Gasteiger partial charge in [-0.3, -0.25) is 9.48 Å². The molecule has 0 unspecified atom stereocenters. The Bertz CT molecular complexity index is 636. The van der Waals surface area contributed by atoms with Gasteiger partial charge >= 0.3 is 5.97 Å². The first-order valence-electron chi connectivity index (χ1n) is 5.17. The lowest BCUT2D eigenvalue weighted by atomic mass is 10.2. The molecular weight excluding hydrogens is 316 g/mol. The molecule has 0 bridgehead atoms. The predicted octanol–water partition coefficient (Wildman–Crippen LogP) is 1.53. The van der Waals surface area contributed by atoms with Crippen LogP contribution in [-0.2, 0) is 7.05 Å². The molecule has 0 atom stereocenters. The summed E-state index contributed by atoms with van der Waals surface area (Å²) < 4.78 is 1.91. The first kappa shape index (κ1) is 13.2. The van der Waals surface area contributed by atoms with Crippen molar-refractivity contribution in [3.05, 3.63) is 40.3 Å². The highest BCUT2D eigenvalue weighted by Crippen LogP contribution is 2.13. The number of anilines is 1. The summed E-state index contributed by atoms with van der Waals surface area (Å²) in [5.74, 6) is -1.46. The van der Waals surface area contributed by atoms with Gasteiger partial charge in [-0.2, -0.15) is 5.10 Å². The molecule has 2 N–H and O–H groups in total. The molecule has 19 heavy (non-hydrogen) atoms. The maximum Gasteiger partial charge on any atom is 0.354 e. The van der Waals surface area contributed by atoms with Crippen LogP contribution in [0.3, 0.4) is 0 Å². The van der Waals surface area contributed by atoms with E-state index in [2.05, 4.69) is 31.3 Å². The molecule has 2 aromatic rings. The second-order valence-corrected chi connectivity index (χ2v) is 4.57. The summed E-state index contributed by atoms with van der Waals surface area (Å²) in [6, 6.07) is 3.31. The first-order valence-corrected chi connectivity index (χ1v) is 5.96. The van der Waals surface area contributed by atoms with E-state index < -0.39 is 11.9 Å². The SMILES string of the molecule is Cn1ncc(C(=O)Nc2ccc(Br)cn2)c1C(=O)O. The number of carbonyl (C=O) groups is 2. The molecule has 1 amide bonds. The first-order chi connectivity index (χ1) is 8.99. The zero-order valence-electron chi connectivity index (χ0n) is 9.79. The summed E-state index contributed by atoms with van der Waals surface area (Å²) in [4.78, 5) is 27.0. The van der Waals surface area contributed by atoms with Gasteiger partial charge in [-0.05, 0) is 28.1 Å². The van der Waals surface area contributed by atoms with Crippen molar-refractivity contribution < 1.29 is 14.7 Å². The number of amides is 1. The average Bonchev–Trinajstić information content (AvgIpc) is 2.74. The highest BCUT2D eigenvalue weighted by atomic mass is 79.9. The van der Waals surface area contributed by atoms with Crippen molar-refractivity contribution in [2.45, 2.75) is 0 Å². The molecular formula is C11H9BrN4O3. The van der Waals surface area contributed by atoms with Crippen molar-refractivity contribution in [1.29, 1.82) is 0 Å². The van der Waals surface area contributed by atoms with Crippen molar-refractivity contribution in [3.63, 3.8) is 0 Å². The third-order valence-electron chi connectivity index (χ3n) is 2.35. The van der Waals surface area contributed by atoms with E-state index in [-0.39, 0.29) is 11.3 Å². The summed E-state index contributed by atoms with van der Waals surface area (Å²) in [5.41, 5.74) is -0.186. The Balaban J connectivity index is 2.25. The van der Waals surface area contributed by atoms with Crippen LogP contribution in [0.1, 0.15) is 20.8 Å². The third kappa shape index (κ3) is 2.79. The Kier molecular flexibility index (Phi) is 3.61. The Morgan fingerprint density at radius 3 is 2.68 bits per heavy atom. The lowest BCUT2D eigenvalue weighted by Crippen LogP contribution is -2.17. The number of nitrogens with one attached hydrogen (secondary N) is 1. The predicted molar refractivity (Wildman–Crippen MR) is 70.1 cm³/mol. The molecule has 7 nitrogen and oxygen atoms in total. The maximum absolute atomic E-state index is 12.0. The van der Waals surface area contributed by atoms with Crippen LogP contribution in [-0.4, -0.2) is 31.7 Å². The van der Waals surface area contributed by atoms with Gasteiger partial charge in [0.2, 0.25) is 0 Å². The van der Waals surface area contributed by atoms with E-state index in [9.17, 15) is 9.59 Å². The van der Waals surface area contributed by atoms with Crippen LogP contribution >= 0.6 is 15.9 Å². The molecule has 98 valence electrons. The van der Waals surface area contributed by atoms with Gasteiger partial charge in [0.25, 0.3) is 5.91 Å². The number of aromatic nitrogens is 3. The van der Waals surface area contributed by atoms with Crippen molar-refractivity contribution in [1.82, 2.24) is 14.8 Å². The zero-order valence-corrected chi connectivity index (χ0v) is 11.4. The molecule has 8 heteroatoms. The van der Waals surface area contributed by atoms with Crippen molar-refractivity contribution in [2.24, 2.45) is 7.05 Å². The van der Waals surface area contributed by atoms with Gasteiger partial charge in [0.15, 0.2) is 5.69 Å². The van der Waals surface area contributed by atoms with Crippen LogP contribution in [0.5, 0.6) is 0 Å². The van der Waals surface area contributed by atoms with E-state index in [0.29, 0.717) is 5.82 Å². The number of carboxylic acid groups (broad SMARTS) is 1. The second kappa shape index (κ2) is 5.19. The van der Waals surface area contributed by atoms with Crippen LogP contribution < -0.4 is 5.32 Å². The number of halogens is 1. The molecule has 2 heterocycles. The van der Waals surface area contributed by atoms with Gasteiger partial charge in [0.05, 0.1) is 11.8 Å². The van der Waals surface area contributed by atoms with Gasteiger partial charge in [0, 0.05) is 17.7 Å². The van der Waals surface area contributed by atoms with Crippen molar-refractivity contribution in [3.8, 4) is 0 Å². The highest BCUT2D eigenvalue weighted by Gasteiger charge is 2.21. The van der Waals surface area contributed by atoms with E-state index in [4.69, 9.17) is 5.11 Å². The number of aromatic carboxylic acids is 1. The number of hydrogen-bond donors (Lipinski definition) is 2. The molecule has 0 radical (unpaired) electrons. The smallest absolute Gasteiger partial charge is 0.354 e. The Labute approximate surface area is 116 Å². The van der Waals surface area contributed by atoms with E-state index in [0.717, 1.165) is 9.15 Å². The molecule has 0 saturated carbocycles. The Morgan fingerprint density at radius 2 is 2.11 bits per heavy atom. The number of pyridine rings is 1. The summed E-state index contributed by atoms with van der Waals surface area (Å²) in [5, 5.41) is 15.3. The largest absolute Gasteiger partial charge is 0.477 e. The molecule has 0 aliphatic heterocycles. The van der Waals surface area contributed by atoms with Crippen LogP contribution in [0.15, 0.2) is 29.0 Å². The molecule has 0 fully saturated rings. The van der Waals surface area contributed by atoms with E-state index in [1.54, 1.807) is 12.1 Å². The Hall–Kier alpha value is -2.22. The lowest BCUT2D eigenvalue weighted by Gasteiger charge is -2.04. The number of hydrogen-bond acceptors (Lipinski definition) is 4. The number of nitrogens with zero attached hydrogens (tertiary/aromatic N) is 3. The molecule has 0 aromatic carbocycles. The normalized spacial score (nSPS) is 10.2. The fourth-order valence-electron chi connectivity index (χ4n) is 1.49. The van der Waals surface area contributed by atoms with Gasteiger partial charge in [-0.15, -0.1) is 0 Å². The van der Waals surface area contributed by atoms with E-state index in [1.807, 2.05) is 0 Å². The zero-order chi connectivity index (χ0) is 14.0. The van der Waals surface area contributed by atoms with Crippen molar-refractivity contribution >= 4 is 33.6 Å². The standard InChI is InChI=1S/C11H9BrN4O3/c1-16-9(11(18)19)7(5-14-16)10(17)15-8-3-2-6(12)4-13-8/h2-5H,1H3,(H,18,19)(H,13,15,17). The summed E-state index contributed by atoms with van der Waals surface area (Å²) >= 11 is 3.22. The quantitative estimate of drug-likeness (QED) is 0.892. The lowest BCUT2D eigenvalue weighted by molar-refractivity contribution is 0.0680. The van der Waals surface area contributed by atoms with Crippen molar-refractivity contribution in [2.75, 3.05) is 5.32 Å². The minimum Gasteiger partial charge on any atom is -0.477 e. The van der Waals surface area contributed by atoms with Gasteiger partial charge in [0.1, 0.15) is 5.82 Å². The fraction of sp³-hybridized carbons (Fsp3) is 0.0909. The highest BCUT2D eigenvalue weighted by molar-refractivity contribution is 9.10. The molecule has 0 spiro atoms. The van der Waals surface area contributed by atoms with Crippen LogP contribution in [0, 0.1) is 0 Å².